The van der Waals surface area contributed by atoms with Crippen molar-refractivity contribution >= 4 is 29.9 Å². The molecule has 0 atom stereocenters. The Hall–Kier alpha value is -1.64. The molecule has 0 radical (unpaired) electrons. The molecular formula is C19H29IN6. The Morgan fingerprint density at radius 2 is 1.92 bits per heavy atom. The molecule has 6 nitrogen and oxygen atoms in total. The van der Waals surface area contributed by atoms with Crippen LogP contribution >= 0.6 is 24.0 Å². The standard InChI is InChI=1S/C19H28N6.HI/c1-14-8-4-5-9-16(14)12-20-19(22-17-10-6-7-11-17)21-13-18-24-23-15(2)25(18)3;/h4-5,8-9,17H,6-7,10-13H2,1-3H3,(H2,20,21,22);1H. The number of aromatic nitrogens is 3. The highest BCUT2D eigenvalue weighted by Gasteiger charge is 2.16. The van der Waals surface area contributed by atoms with E-state index in [2.05, 4.69) is 52.0 Å². The maximum Gasteiger partial charge on any atom is 0.192 e. The zero-order valence-electron chi connectivity index (χ0n) is 15.8. The van der Waals surface area contributed by atoms with Crippen LogP contribution in [0.15, 0.2) is 29.3 Å². The Balaban J connectivity index is 0.00000243. The molecule has 142 valence electrons. The van der Waals surface area contributed by atoms with E-state index in [0.29, 0.717) is 19.1 Å². The summed E-state index contributed by atoms with van der Waals surface area (Å²) >= 11 is 0. The van der Waals surface area contributed by atoms with Crippen molar-refractivity contribution in [3.05, 3.63) is 47.0 Å². The number of aryl methyl sites for hydroxylation is 2. The second-order valence-corrected chi connectivity index (χ2v) is 6.79. The normalized spacial score (nSPS) is 15.0. The zero-order valence-corrected chi connectivity index (χ0v) is 18.2. The van der Waals surface area contributed by atoms with E-state index in [1.54, 1.807) is 0 Å². The summed E-state index contributed by atoms with van der Waals surface area (Å²) in [6.45, 7) is 5.38. The molecule has 1 aromatic heterocycles. The molecule has 0 saturated heterocycles. The van der Waals surface area contributed by atoms with Crippen LogP contribution in [0.4, 0.5) is 0 Å². The summed E-state index contributed by atoms with van der Waals surface area (Å²) in [5, 5.41) is 15.3. The maximum atomic E-state index is 4.81. The number of nitrogens with one attached hydrogen (secondary N) is 2. The second-order valence-electron chi connectivity index (χ2n) is 6.79. The molecule has 2 aromatic rings. The predicted molar refractivity (Wildman–Crippen MR) is 116 cm³/mol. The third-order valence-corrected chi connectivity index (χ3v) is 4.96. The molecule has 0 amide bonds. The fourth-order valence-electron chi connectivity index (χ4n) is 3.14. The van der Waals surface area contributed by atoms with Crippen molar-refractivity contribution < 1.29 is 0 Å². The lowest BCUT2D eigenvalue weighted by Crippen LogP contribution is -2.42. The van der Waals surface area contributed by atoms with Crippen molar-refractivity contribution in [2.75, 3.05) is 0 Å². The van der Waals surface area contributed by atoms with Gasteiger partial charge in [0.25, 0.3) is 0 Å². The Labute approximate surface area is 172 Å². The lowest BCUT2D eigenvalue weighted by molar-refractivity contribution is 0.606. The van der Waals surface area contributed by atoms with Gasteiger partial charge in [-0.1, -0.05) is 37.1 Å². The van der Waals surface area contributed by atoms with E-state index in [9.17, 15) is 0 Å². The van der Waals surface area contributed by atoms with Crippen LogP contribution < -0.4 is 10.6 Å². The minimum atomic E-state index is 0. The number of nitrogens with zero attached hydrogens (tertiary/aromatic N) is 4. The van der Waals surface area contributed by atoms with E-state index in [-0.39, 0.29) is 24.0 Å². The first-order valence-corrected chi connectivity index (χ1v) is 9.07. The number of rotatable bonds is 5. The molecule has 0 spiro atoms. The summed E-state index contributed by atoms with van der Waals surface area (Å²) in [5.74, 6) is 2.68. The summed E-state index contributed by atoms with van der Waals surface area (Å²) in [5.41, 5.74) is 2.53. The first-order chi connectivity index (χ1) is 12.1. The molecule has 0 unspecified atom stereocenters. The zero-order chi connectivity index (χ0) is 17.6. The lowest BCUT2D eigenvalue weighted by atomic mass is 10.1. The molecule has 1 fully saturated rings. The number of hydrogen-bond acceptors (Lipinski definition) is 3. The fraction of sp³-hybridized carbons (Fsp3) is 0.526. The van der Waals surface area contributed by atoms with Gasteiger partial charge in [-0.15, -0.1) is 34.2 Å². The molecule has 7 heteroatoms. The Kier molecular flexibility index (Phi) is 7.86. The largest absolute Gasteiger partial charge is 0.354 e. The predicted octanol–water partition coefficient (Wildman–Crippen LogP) is 3.23. The molecule has 0 bridgehead atoms. The molecule has 2 N–H and O–H groups in total. The number of halogens is 1. The van der Waals surface area contributed by atoms with Crippen molar-refractivity contribution in [2.45, 2.75) is 58.7 Å². The van der Waals surface area contributed by atoms with Gasteiger partial charge in [0.1, 0.15) is 5.82 Å². The number of guanidine groups is 1. The van der Waals surface area contributed by atoms with Gasteiger partial charge >= 0.3 is 0 Å². The first kappa shape index (κ1) is 20.7. The van der Waals surface area contributed by atoms with Crippen LogP contribution in [0.1, 0.15) is 48.5 Å². The number of benzene rings is 1. The monoisotopic (exact) mass is 468 g/mol. The average molecular weight is 468 g/mol. The summed E-state index contributed by atoms with van der Waals surface area (Å²) < 4.78 is 2.00. The lowest BCUT2D eigenvalue weighted by Gasteiger charge is -2.17. The van der Waals surface area contributed by atoms with Crippen LogP contribution in [0.3, 0.4) is 0 Å². The summed E-state index contributed by atoms with van der Waals surface area (Å²) in [6.07, 6.45) is 5.03. The highest BCUT2D eigenvalue weighted by molar-refractivity contribution is 14.0. The molecule has 1 aliphatic carbocycles. The Bertz CT molecular complexity index is 733. The van der Waals surface area contributed by atoms with Gasteiger partial charge in [0.05, 0.1) is 13.1 Å². The molecule has 1 aliphatic rings. The van der Waals surface area contributed by atoms with Gasteiger partial charge in [-0.05, 0) is 37.8 Å². The van der Waals surface area contributed by atoms with E-state index in [1.807, 2.05) is 18.5 Å². The van der Waals surface area contributed by atoms with Crippen molar-refractivity contribution in [1.29, 1.82) is 0 Å². The number of hydrogen-bond donors (Lipinski definition) is 2. The van der Waals surface area contributed by atoms with Crippen LogP contribution in [0.2, 0.25) is 0 Å². The Morgan fingerprint density at radius 3 is 2.58 bits per heavy atom. The van der Waals surface area contributed by atoms with Crippen LogP contribution in [0.25, 0.3) is 0 Å². The molecule has 3 rings (SSSR count). The summed E-state index contributed by atoms with van der Waals surface area (Å²) in [6, 6.07) is 8.92. The van der Waals surface area contributed by atoms with E-state index in [4.69, 9.17) is 4.99 Å². The maximum absolute atomic E-state index is 4.81. The summed E-state index contributed by atoms with van der Waals surface area (Å²) in [4.78, 5) is 4.81. The SMILES string of the molecule is Cc1ccccc1CN=C(NCc1nnc(C)n1C)NC1CCCC1.I. The molecule has 1 saturated carbocycles. The molecular weight excluding hydrogens is 439 g/mol. The molecule has 0 aliphatic heterocycles. The Morgan fingerprint density at radius 1 is 1.19 bits per heavy atom. The summed E-state index contributed by atoms with van der Waals surface area (Å²) in [7, 11) is 1.99. The van der Waals surface area contributed by atoms with E-state index >= 15 is 0 Å². The third kappa shape index (κ3) is 5.43. The van der Waals surface area contributed by atoms with Gasteiger partial charge < -0.3 is 15.2 Å². The van der Waals surface area contributed by atoms with Crippen LogP contribution in [-0.2, 0) is 20.1 Å². The topological polar surface area (TPSA) is 67.1 Å². The molecule has 26 heavy (non-hydrogen) atoms. The highest BCUT2D eigenvalue weighted by Crippen LogP contribution is 2.17. The van der Waals surface area contributed by atoms with Crippen LogP contribution in [0.5, 0.6) is 0 Å². The van der Waals surface area contributed by atoms with E-state index in [1.165, 1.54) is 36.8 Å². The molecule has 1 heterocycles. The average Bonchev–Trinajstić information content (AvgIpc) is 3.23. The van der Waals surface area contributed by atoms with Crippen LogP contribution in [0, 0.1) is 13.8 Å². The van der Waals surface area contributed by atoms with E-state index in [0.717, 1.165) is 17.6 Å². The van der Waals surface area contributed by atoms with Crippen molar-refractivity contribution in [1.82, 2.24) is 25.4 Å². The van der Waals surface area contributed by atoms with E-state index < -0.39 is 0 Å². The van der Waals surface area contributed by atoms with Crippen molar-refractivity contribution in [3.63, 3.8) is 0 Å². The fourth-order valence-corrected chi connectivity index (χ4v) is 3.14. The minimum Gasteiger partial charge on any atom is -0.354 e. The van der Waals surface area contributed by atoms with Crippen molar-refractivity contribution in [2.24, 2.45) is 12.0 Å². The van der Waals surface area contributed by atoms with Gasteiger partial charge in [-0.3, -0.25) is 0 Å². The van der Waals surface area contributed by atoms with Gasteiger partial charge in [-0.25, -0.2) is 4.99 Å². The van der Waals surface area contributed by atoms with Gasteiger partial charge in [0, 0.05) is 13.1 Å². The van der Waals surface area contributed by atoms with Gasteiger partial charge in [0.2, 0.25) is 0 Å². The van der Waals surface area contributed by atoms with Gasteiger partial charge in [-0.2, -0.15) is 0 Å². The van der Waals surface area contributed by atoms with Crippen LogP contribution in [-0.4, -0.2) is 26.8 Å². The highest BCUT2D eigenvalue weighted by atomic mass is 127. The number of aliphatic imine (C=N–C) groups is 1. The quantitative estimate of drug-likeness (QED) is 0.402. The minimum absolute atomic E-state index is 0. The second kappa shape index (κ2) is 9.89. The third-order valence-electron chi connectivity index (χ3n) is 4.96. The molecule has 1 aromatic carbocycles. The first-order valence-electron chi connectivity index (χ1n) is 9.07. The smallest absolute Gasteiger partial charge is 0.192 e. The van der Waals surface area contributed by atoms with Crippen molar-refractivity contribution in [3.8, 4) is 0 Å². The van der Waals surface area contributed by atoms with Gasteiger partial charge in [0.15, 0.2) is 11.8 Å².